The smallest absolute Gasteiger partial charge is 0.206 e. The molecule has 0 bridgehead atoms. The third kappa shape index (κ3) is 4.20. The fourth-order valence-electron chi connectivity index (χ4n) is 1.22. The fourth-order valence-corrected chi connectivity index (χ4v) is 1.96. The first-order chi connectivity index (χ1) is 7.63. The molecule has 1 heterocycles. The molecule has 90 valence electrons. The van der Waals surface area contributed by atoms with Crippen LogP contribution in [0.2, 0.25) is 0 Å². The average molecular weight is 240 g/mol. The van der Waals surface area contributed by atoms with Gasteiger partial charge < -0.3 is 5.32 Å². The first kappa shape index (κ1) is 13.0. The highest BCUT2D eigenvalue weighted by Gasteiger charge is 2.07. The summed E-state index contributed by atoms with van der Waals surface area (Å²) in [7, 11) is 0. The van der Waals surface area contributed by atoms with Crippen molar-refractivity contribution >= 4 is 17.3 Å². The minimum Gasteiger partial charge on any atom is -0.348 e. The lowest BCUT2D eigenvalue weighted by Gasteiger charge is -2.15. The zero-order valence-electron chi connectivity index (χ0n) is 10.0. The summed E-state index contributed by atoms with van der Waals surface area (Å²) in [5.41, 5.74) is 2.59. The molecule has 1 unspecified atom stereocenters. The van der Waals surface area contributed by atoms with E-state index in [0.717, 1.165) is 6.54 Å². The number of nitrogens with zero attached hydrogens (tertiary/aromatic N) is 1. The highest BCUT2D eigenvalue weighted by atomic mass is 32.1. The van der Waals surface area contributed by atoms with Gasteiger partial charge in [0.15, 0.2) is 0 Å². The molecular weight excluding hydrogens is 220 g/mol. The Morgan fingerprint density at radius 1 is 1.50 bits per heavy atom. The van der Waals surface area contributed by atoms with Crippen LogP contribution >= 0.6 is 11.3 Å². The average Bonchev–Trinajstić information content (AvgIpc) is 2.76. The number of thiophene rings is 1. The second-order valence-corrected chi connectivity index (χ2v) is 5.09. The molecule has 1 aromatic rings. The van der Waals surface area contributed by atoms with Crippen molar-refractivity contribution in [1.82, 2.24) is 10.7 Å². The quantitative estimate of drug-likeness (QED) is 0.326. The number of hydrogen-bond donors (Lipinski definition) is 3. The van der Waals surface area contributed by atoms with Crippen molar-refractivity contribution in [3.63, 3.8) is 0 Å². The maximum absolute atomic E-state index is 5.42. The minimum absolute atomic E-state index is 0.224. The number of guanidine groups is 1. The van der Waals surface area contributed by atoms with Crippen molar-refractivity contribution in [1.29, 1.82) is 0 Å². The van der Waals surface area contributed by atoms with Gasteiger partial charge in [-0.1, -0.05) is 19.9 Å². The van der Waals surface area contributed by atoms with Gasteiger partial charge in [-0.15, -0.1) is 11.3 Å². The van der Waals surface area contributed by atoms with Crippen LogP contribution in [0.3, 0.4) is 0 Å². The summed E-state index contributed by atoms with van der Waals surface area (Å²) >= 11 is 1.72. The molecule has 1 atom stereocenters. The molecule has 0 amide bonds. The molecule has 16 heavy (non-hydrogen) atoms. The molecule has 4 N–H and O–H groups in total. The van der Waals surface area contributed by atoms with Crippen molar-refractivity contribution in [2.75, 3.05) is 6.54 Å². The molecule has 0 aliphatic carbocycles. The van der Waals surface area contributed by atoms with Gasteiger partial charge in [-0.25, -0.2) is 5.84 Å². The van der Waals surface area contributed by atoms with Crippen LogP contribution in [0.25, 0.3) is 0 Å². The molecule has 0 saturated carbocycles. The van der Waals surface area contributed by atoms with Gasteiger partial charge in [-0.05, 0) is 24.3 Å². The molecule has 0 saturated heterocycles. The summed E-state index contributed by atoms with van der Waals surface area (Å²) < 4.78 is 0. The third-order valence-electron chi connectivity index (χ3n) is 2.07. The zero-order valence-corrected chi connectivity index (χ0v) is 10.8. The Kier molecular flexibility index (Phi) is 5.28. The Bertz CT molecular complexity index is 319. The van der Waals surface area contributed by atoms with Crippen molar-refractivity contribution in [3.8, 4) is 0 Å². The Morgan fingerprint density at radius 3 is 2.75 bits per heavy atom. The van der Waals surface area contributed by atoms with Crippen LogP contribution in [0.4, 0.5) is 0 Å². The van der Waals surface area contributed by atoms with Crippen LogP contribution in [0.15, 0.2) is 22.5 Å². The van der Waals surface area contributed by atoms with Gasteiger partial charge in [0.1, 0.15) is 0 Å². The number of nitrogens with one attached hydrogen (secondary N) is 2. The second-order valence-electron chi connectivity index (χ2n) is 4.11. The Labute approximate surface area is 101 Å². The lowest BCUT2D eigenvalue weighted by molar-refractivity contribution is 0.645. The van der Waals surface area contributed by atoms with Gasteiger partial charge in [0.25, 0.3) is 0 Å². The van der Waals surface area contributed by atoms with Gasteiger partial charge in [0.05, 0.1) is 6.04 Å². The Morgan fingerprint density at radius 2 is 2.25 bits per heavy atom. The van der Waals surface area contributed by atoms with E-state index in [0.29, 0.717) is 11.9 Å². The van der Waals surface area contributed by atoms with E-state index in [2.05, 4.69) is 48.0 Å². The van der Waals surface area contributed by atoms with Crippen LogP contribution in [0, 0.1) is 5.92 Å². The highest BCUT2D eigenvalue weighted by Crippen LogP contribution is 2.17. The number of rotatable bonds is 4. The molecule has 0 spiro atoms. The van der Waals surface area contributed by atoms with Crippen molar-refractivity contribution in [2.24, 2.45) is 16.8 Å². The standard InChI is InChI=1S/C11H20N4S/c1-8(2)7-13-11(15-12)14-9(3)10-5-4-6-16-10/h4-6,8-9H,7,12H2,1-3H3,(H2,13,14,15). The van der Waals surface area contributed by atoms with Crippen molar-refractivity contribution < 1.29 is 0 Å². The predicted octanol–water partition coefficient (Wildman–Crippen LogP) is 1.87. The van der Waals surface area contributed by atoms with Gasteiger partial charge in [-0.3, -0.25) is 10.4 Å². The van der Waals surface area contributed by atoms with Crippen LogP contribution in [0.1, 0.15) is 31.7 Å². The van der Waals surface area contributed by atoms with E-state index >= 15 is 0 Å². The summed E-state index contributed by atoms with van der Waals surface area (Å²) in [5, 5.41) is 5.31. The number of aliphatic imine (C=N–C) groups is 1. The normalized spacial score (nSPS) is 13.9. The molecule has 0 aliphatic heterocycles. The molecule has 4 nitrogen and oxygen atoms in total. The lowest BCUT2D eigenvalue weighted by atomic mass is 10.2. The van der Waals surface area contributed by atoms with Crippen LogP contribution in [0.5, 0.6) is 0 Å². The summed E-state index contributed by atoms with van der Waals surface area (Å²) in [5.74, 6) is 6.60. The molecule has 1 rings (SSSR count). The van der Waals surface area contributed by atoms with Crippen LogP contribution in [-0.2, 0) is 0 Å². The van der Waals surface area contributed by atoms with Crippen LogP contribution < -0.4 is 16.6 Å². The summed E-state index contributed by atoms with van der Waals surface area (Å²) in [4.78, 5) is 5.64. The molecule has 1 aromatic heterocycles. The molecule has 5 heteroatoms. The van der Waals surface area contributed by atoms with E-state index in [1.807, 2.05) is 6.07 Å². The summed E-state index contributed by atoms with van der Waals surface area (Å²) in [6.07, 6.45) is 0. The number of nitrogens with two attached hydrogens (primary N) is 1. The molecular formula is C11H20N4S. The topological polar surface area (TPSA) is 62.4 Å². The molecule has 0 fully saturated rings. The van der Waals surface area contributed by atoms with E-state index in [9.17, 15) is 0 Å². The molecule has 0 aromatic carbocycles. The van der Waals surface area contributed by atoms with Gasteiger partial charge in [0, 0.05) is 11.4 Å². The summed E-state index contributed by atoms with van der Waals surface area (Å²) in [6.45, 7) is 7.11. The summed E-state index contributed by atoms with van der Waals surface area (Å²) in [6, 6.07) is 4.36. The Hall–Kier alpha value is -1.07. The van der Waals surface area contributed by atoms with Crippen molar-refractivity contribution in [3.05, 3.63) is 22.4 Å². The lowest BCUT2D eigenvalue weighted by Crippen LogP contribution is -2.42. The number of hydrogen-bond acceptors (Lipinski definition) is 3. The fraction of sp³-hybridized carbons (Fsp3) is 0.545. The van der Waals surface area contributed by atoms with E-state index in [-0.39, 0.29) is 6.04 Å². The molecule has 0 radical (unpaired) electrons. The van der Waals surface area contributed by atoms with Gasteiger partial charge in [-0.2, -0.15) is 0 Å². The zero-order chi connectivity index (χ0) is 12.0. The van der Waals surface area contributed by atoms with Crippen LogP contribution in [-0.4, -0.2) is 12.5 Å². The number of hydrazine groups is 1. The Balaban J connectivity index is 2.53. The predicted molar refractivity (Wildman–Crippen MR) is 70.3 cm³/mol. The maximum atomic E-state index is 5.42. The second kappa shape index (κ2) is 6.50. The first-order valence-electron chi connectivity index (χ1n) is 5.44. The van der Waals surface area contributed by atoms with E-state index in [1.165, 1.54) is 4.88 Å². The van der Waals surface area contributed by atoms with Gasteiger partial charge in [0.2, 0.25) is 5.96 Å². The monoisotopic (exact) mass is 240 g/mol. The first-order valence-corrected chi connectivity index (χ1v) is 6.32. The van der Waals surface area contributed by atoms with E-state index in [1.54, 1.807) is 11.3 Å². The van der Waals surface area contributed by atoms with Gasteiger partial charge >= 0.3 is 0 Å². The highest BCUT2D eigenvalue weighted by molar-refractivity contribution is 7.10. The SMILES string of the molecule is CC(C)CN=C(NN)NC(C)c1cccs1. The minimum atomic E-state index is 0.224. The third-order valence-corrected chi connectivity index (χ3v) is 3.13. The largest absolute Gasteiger partial charge is 0.348 e. The van der Waals surface area contributed by atoms with Crippen molar-refractivity contribution in [2.45, 2.75) is 26.8 Å². The molecule has 0 aliphatic rings. The maximum Gasteiger partial charge on any atom is 0.206 e. The van der Waals surface area contributed by atoms with E-state index in [4.69, 9.17) is 5.84 Å². The van der Waals surface area contributed by atoms with E-state index < -0.39 is 0 Å².